The van der Waals surface area contributed by atoms with Crippen LogP contribution >= 0.6 is 0 Å². The van der Waals surface area contributed by atoms with Crippen molar-refractivity contribution in [3.05, 3.63) is 24.5 Å². The summed E-state index contributed by atoms with van der Waals surface area (Å²) >= 11 is 0. The van der Waals surface area contributed by atoms with E-state index in [-0.39, 0.29) is 0 Å². The van der Waals surface area contributed by atoms with Crippen LogP contribution in [0.15, 0.2) is 24.5 Å². The summed E-state index contributed by atoms with van der Waals surface area (Å²) in [5.74, 6) is 0. The first kappa shape index (κ1) is 15.6. The molecule has 2 heterocycles. The molecule has 0 spiro atoms. The fraction of sp³-hybridized carbons (Fsp3) is 0.600. The molecule has 0 atom stereocenters. The molecule has 6 nitrogen and oxygen atoms in total. The Bertz CT molecular complexity index is 477. The molecule has 116 valence electrons. The quantitative estimate of drug-likeness (QED) is 0.815. The van der Waals surface area contributed by atoms with Crippen molar-refractivity contribution in [1.29, 1.82) is 0 Å². The number of aliphatic hydroxyl groups is 1. The number of pyridine rings is 1. The minimum absolute atomic E-state index is 0.453. The summed E-state index contributed by atoms with van der Waals surface area (Å²) in [6.45, 7) is 6.71. The number of carbonyl (C=O) groups excluding carboxylic acids is 1. The molecule has 1 aliphatic heterocycles. The van der Waals surface area contributed by atoms with Gasteiger partial charge in [0, 0.05) is 44.0 Å². The Hall–Kier alpha value is -1.82. The van der Waals surface area contributed by atoms with Gasteiger partial charge in [-0.25, -0.2) is 4.79 Å². The highest BCUT2D eigenvalue weighted by molar-refractivity contribution is 5.68. The lowest BCUT2D eigenvalue weighted by atomic mass is 10.00. The molecule has 21 heavy (non-hydrogen) atoms. The number of hydrogen-bond acceptors (Lipinski definition) is 5. The number of anilines is 1. The topological polar surface area (TPSA) is 74.7 Å². The van der Waals surface area contributed by atoms with Gasteiger partial charge in [0.05, 0.1) is 0 Å². The molecule has 0 unspecified atom stereocenters. The van der Waals surface area contributed by atoms with Crippen LogP contribution in [0.25, 0.3) is 0 Å². The summed E-state index contributed by atoms with van der Waals surface area (Å²) in [6.07, 6.45) is 3.81. The van der Waals surface area contributed by atoms with Gasteiger partial charge in [-0.15, -0.1) is 0 Å². The second-order valence-electron chi connectivity index (χ2n) is 6.35. The van der Waals surface area contributed by atoms with Gasteiger partial charge in [0.25, 0.3) is 0 Å². The van der Waals surface area contributed by atoms with Crippen LogP contribution in [-0.2, 0) is 4.74 Å². The number of aromatic nitrogens is 1. The minimum atomic E-state index is -1.20. The Morgan fingerprint density at radius 3 is 2.43 bits per heavy atom. The number of nitrogens with zero attached hydrogens (tertiary/aromatic N) is 2. The fourth-order valence-electron chi connectivity index (χ4n) is 2.31. The van der Waals surface area contributed by atoms with Gasteiger partial charge in [-0.3, -0.25) is 10.3 Å². The van der Waals surface area contributed by atoms with E-state index in [9.17, 15) is 9.90 Å². The molecular formula is C15H23N3O3. The van der Waals surface area contributed by atoms with Gasteiger partial charge in [0.2, 0.25) is 0 Å². The summed E-state index contributed by atoms with van der Waals surface area (Å²) in [6, 6.07) is 3.87. The molecule has 1 saturated heterocycles. The lowest BCUT2D eigenvalue weighted by Crippen LogP contribution is -2.56. The molecule has 6 heteroatoms. The zero-order valence-corrected chi connectivity index (χ0v) is 12.8. The van der Waals surface area contributed by atoms with Crippen LogP contribution in [0.5, 0.6) is 0 Å². The van der Waals surface area contributed by atoms with Crippen LogP contribution in [0, 0.1) is 0 Å². The highest BCUT2D eigenvalue weighted by Gasteiger charge is 2.35. The molecular weight excluding hydrogens is 270 g/mol. The highest BCUT2D eigenvalue weighted by atomic mass is 16.6. The number of piperidine rings is 1. The van der Waals surface area contributed by atoms with Crippen molar-refractivity contribution in [2.45, 2.75) is 44.9 Å². The van der Waals surface area contributed by atoms with Gasteiger partial charge >= 0.3 is 6.09 Å². The van der Waals surface area contributed by atoms with E-state index in [0.29, 0.717) is 25.9 Å². The zero-order valence-electron chi connectivity index (χ0n) is 12.8. The molecule has 1 amide bonds. The van der Waals surface area contributed by atoms with E-state index in [4.69, 9.17) is 4.74 Å². The zero-order chi connectivity index (χ0) is 15.5. The Kier molecular flexibility index (Phi) is 4.37. The Balaban J connectivity index is 1.89. The second-order valence-corrected chi connectivity index (χ2v) is 6.35. The summed E-state index contributed by atoms with van der Waals surface area (Å²) in [5, 5.41) is 13.0. The number of rotatable bonds is 2. The van der Waals surface area contributed by atoms with Crippen LogP contribution < -0.4 is 10.2 Å². The standard InChI is InChI=1S/C15H23N3O3/c1-14(2,3)21-13(19)17-15(20)6-10-18(11-7-15)12-4-8-16-9-5-12/h4-5,8-9,20H,6-7,10-11H2,1-3H3,(H,17,19). The first-order chi connectivity index (χ1) is 9.77. The maximum absolute atomic E-state index is 11.8. The van der Waals surface area contributed by atoms with Crippen molar-refractivity contribution in [2.75, 3.05) is 18.0 Å². The van der Waals surface area contributed by atoms with E-state index in [1.807, 2.05) is 12.1 Å². The van der Waals surface area contributed by atoms with Gasteiger partial charge in [-0.1, -0.05) is 0 Å². The van der Waals surface area contributed by atoms with E-state index in [1.54, 1.807) is 33.2 Å². The third-order valence-electron chi connectivity index (χ3n) is 3.35. The molecule has 0 saturated carbocycles. The number of amides is 1. The lowest BCUT2D eigenvalue weighted by Gasteiger charge is -2.39. The van der Waals surface area contributed by atoms with Crippen LogP contribution in [0.3, 0.4) is 0 Å². The minimum Gasteiger partial charge on any atom is -0.444 e. The number of hydrogen-bond donors (Lipinski definition) is 2. The van der Waals surface area contributed by atoms with Gasteiger partial charge in [0.15, 0.2) is 0 Å². The fourth-order valence-corrected chi connectivity index (χ4v) is 2.31. The van der Waals surface area contributed by atoms with Gasteiger partial charge < -0.3 is 14.7 Å². The number of nitrogens with one attached hydrogen (secondary N) is 1. The smallest absolute Gasteiger partial charge is 0.409 e. The molecule has 2 rings (SSSR count). The van der Waals surface area contributed by atoms with Crippen LogP contribution in [0.2, 0.25) is 0 Å². The van der Waals surface area contributed by atoms with Crippen molar-refractivity contribution >= 4 is 11.8 Å². The van der Waals surface area contributed by atoms with Gasteiger partial charge in [-0.2, -0.15) is 0 Å². The lowest BCUT2D eigenvalue weighted by molar-refractivity contribution is -0.0288. The van der Waals surface area contributed by atoms with Gasteiger partial charge in [-0.05, 0) is 32.9 Å². The predicted octanol–water partition coefficient (Wildman–Crippen LogP) is 1.90. The Labute approximate surface area is 125 Å². The van der Waals surface area contributed by atoms with Crippen molar-refractivity contribution in [1.82, 2.24) is 10.3 Å². The van der Waals surface area contributed by atoms with Crippen molar-refractivity contribution in [3.63, 3.8) is 0 Å². The summed E-state index contributed by atoms with van der Waals surface area (Å²) in [5.41, 5.74) is -0.700. The van der Waals surface area contributed by atoms with Crippen molar-refractivity contribution in [2.24, 2.45) is 0 Å². The van der Waals surface area contributed by atoms with Crippen LogP contribution in [0.1, 0.15) is 33.6 Å². The Morgan fingerprint density at radius 1 is 1.33 bits per heavy atom. The largest absolute Gasteiger partial charge is 0.444 e. The van der Waals surface area contributed by atoms with Gasteiger partial charge in [0.1, 0.15) is 11.3 Å². The highest BCUT2D eigenvalue weighted by Crippen LogP contribution is 2.24. The van der Waals surface area contributed by atoms with E-state index in [2.05, 4.69) is 15.2 Å². The molecule has 0 aliphatic carbocycles. The monoisotopic (exact) mass is 293 g/mol. The number of ether oxygens (including phenoxy) is 1. The van der Waals surface area contributed by atoms with Crippen molar-refractivity contribution in [3.8, 4) is 0 Å². The number of alkyl carbamates (subject to hydrolysis) is 1. The molecule has 1 aromatic heterocycles. The third-order valence-corrected chi connectivity index (χ3v) is 3.35. The molecule has 1 aromatic rings. The molecule has 1 aliphatic rings. The second kappa shape index (κ2) is 5.89. The van der Waals surface area contributed by atoms with Crippen molar-refractivity contribution < 1.29 is 14.6 Å². The molecule has 0 aromatic carbocycles. The summed E-state index contributed by atoms with van der Waals surface area (Å²) < 4.78 is 5.19. The maximum atomic E-state index is 11.8. The van der Waals surface area contributed by atoms with Crippen LogP contribution in [0.4, 0.5) is 10.5 Å². The molecule has 0 radical (unpaired) electrons. The van der Waals surface area contributed by atoms with Crippen LogP contribution in [-0.4, -0.2) is 40.6 Å². The Morgan fingerprint density at radius 2 is 1.90 bits per heavy atom. The SMILES string of the molecule is CC(C)(C)OC(=O)NC1(O)CCN(c2ccncc2)CC1. The molecule has 0 bridgehead atoms. The van der Waals surface area contributed by atoms with E-state index >= 15 is 0 Å². The summed E-state index contributed by atoms with van der Waals surface area (Å²) in [4.78, 5) is 17.9. The number of carbonyl (C=O) groups is 1. The molecule has 2 N–H and O–H groups in total. The normalized spacial score (nSPS) is 18.2. The molecule has 1 fully saturated rings. The average molecular weight is 293 g/mol. The maximum Gasteiger partial charge on any atom is 0.409 e. The van der Waals surface area contributed by atoms with E-state index < -0.39 is 17.4 Å². The average Bonchev–Trinajstić information content (AvgIpc) is 2.37. The first-order valence-electron chi connectivity index (χ1n) is 7.16. The van der Waals surface area contributed by atoms with E-state index in [0.717, 1.165) is 5.69 Å². The van der Waals surface area contributed by atoms with E-state index in [1.165, 1.54) is 0 Å². The summed E-state index contributed by atoms with van der Waals surface area (Å²) in [7, 11) is 0. The third kappa shape index (κ3) is 4.60. The predicted molar refractivity (Wildman–Crippen MR) is 80.0 cm³/mol. The first-order valence-corrected chi connectivity index (χ1v) is 7.16.